The minimum Gasteiger partial charge on any atom is -0.455 e. The first kappa shape index (κ1) is 30.1. The average Bonchev–Trinajstić information content (AvgIpc) is 2.78. The molecule has 0 radical (unpaired) electrons. The lowest BCUT2D eigenvalue weighted by Crippen LogP contribution is -2.18. The van der Waals surface area contributed by atoms with Crippen molar-refractivity contribution in [3.63, 3.8) is 0 Å². The molecule has 208 valence electrons. The summed E-state index contributed by atoms with van der Waals surface area (Å²) in [4.78, 5) is 27.8. The summed E-state index contributed by atoms with van der Waals surface area (Å²) in [6.07, 6.45) is -8.85. The Labute approximate surface area is 232 Å². The van der Waals surface area contributed by atoms with Gasteiger partial charge in [0.05, 0.1) is 23.0 Å². The Balaban J connectivity index is 2.02. The Morgan fingerprint density at radius 2 is 1.51 bits per heavy atom. The molecule has 0 aliphatic heterocycles. The summed E-state index contributed by atoms with van der Waals surface area (Å²) in [6, 6.07) is 6.88. The van der Waals surface area contributed by atoms with Gasteiger partial charge in [0.25, 0.3) is 11.8 Å². The molecule has 0 saturated heterocycles. The molecule has 1 aromatic heterocycles. The van der Waals surface area contributed by atoms with Crippen LogP contribution in [0.3, 0.4) is 0 Å². The van der Waals surface area contributed by atoms with Crippen molar-refractivity contribution in [2.75, 3.05) is 5.32 Å². The van der Waals surface area contributed by atoms with E-state index in [1.165, 1.54) is 12.1 Å². The van der Waals surface area contributed by atoms with E-state index in [4.69, 9.17) is 15.2 Å². The molecule has 0 aliphatic carbocycles. The molecule has 2 aromatic carbocycles. The zero-order valence-corrected chi connectivity index (χ0v) is 21.6. The van der Waals surface area contributed by atoms with Crippen LogP contribution in [0.15, 0.2) is 54.7 Å². The fourth-order valence-corrected chi connectivity index (χ4v) is 3.20. The Kier molecular flexibility index (Phi) is 8.76. The number of rotatable bonds is 8. The van der Waals surface area contributed by atoms with E-state index >= 15 is 0 Å². The van der Waals surface area contributed by atoms with Crippen molar-refractivity contribution < 1.29 is 50.1 Å². The van der Waals surface area contributed by atoms with Gasteiger partial charge < -0.3 is 25.3 Å². The molecule has 39 heavy (non-hydrogen) atoms. The third-order valence-corrected chi connectivity index (χ3v) is 4.71. The van der Waals surface area contributed by atoms with E-state index in [0.29, 0.717) is 12.1 Å². The van der Waals surface area contributed by atoms with Gasteiger partial charge in [-0.1, -0.05) is 0 Å². The van der Waals surface area contributed by atoms with E-state index < -0.39 is 56.3 Å². The van der Waals surface area contributed by atoms with Gasteiger partial charge in [0.15, 0.2) is 11.5 Å². The Morgan fingerprint density at radius 1 is 0.846 bits per heavy atom. The zero-order valence-electron chi connectivity index (χ0n) is 18.9. The molecule has 8 nitrogen and oxygen atoms in total. The number of nitrogens with one attached hydrogen (secondary N) is 1. The summed E-state index contributed by atoms with van der Waals surface area (Å²) in [5.41, 5.74) is 3.14. The van der Waals surface area contributed by atoms with Gasteiger partial charge in [0.1, 0.15) is 17.2 Å². The first-order valence-electron chi connectivity index (χ1n) is 10.1. The molecule has 0 aliphatic rings. The summed E-state index contributed by atoms with van der Waals surface area (Å²) in [5, 5.41) is 2.30. The molecule has 2 amide bonds. The number of carbonyl (C=O) groups is 2. The highest BCUT2D eigenvalue weighted by Crippen LogP contribution is 2.42. The van der Waals surface area contributed by atoms with Crippen LogP contribution in [0.25, 0.3) is 0 Å². The number of pyridine rings is 1. The zero-order chi connectivity index (χ0) is 29.2. The van der Waals surface area contributed by atoms with Crippen LogP contribution in [-0.4, -0.2) is 26.8 Å². The summed E-state index contributed by atoms with van der Waals surface area (Å²) >= 11 is 11.7. The van der Waals surface area contributed by atoms with E-state index in [9.17, 15) is 35.9 Å². The third kappa shape index (κ3) is 8.79. The fourth-order valence-electron chi connectivity index (χ4n) is 2.90. The molecule has 17 heteroatoms. The molecule has 1 heterocycles. The second kappa shape index (κ2) is 11.4. The highest BCUT2D eigenvalue weighted by Gasteiger charge is 2.33. The molecule has 3 N–H and O–H groups in total. The fraction of sp³-hybridized carbons (Fsp3) is 0.136. The molecule has 0 fully saturated rings. The highest BCUT2D eigenvalue weighted by atomic mass is 32.2. The smallest absolute Gasteiger partial charge is 0.455 e. The number of amides is 2. The van der Waals surface area contributed by atoms with Crippen LogP contribution in [0, 0.1) is 0 Å². The minimum atomic E-state index is -5.05. The molecular weight excluding hydrogens is 596 g/mol. The number of ether oxygens (including phenoxy) is 3. The van der Waals surface area contributed by atoms with Crippen LogP contribution in [-0.2, 0) is 6.18 Å². The van der Waals surface area contributed by atoms with Crippen LogP contribution in [0.1, 0.15) is 26.4 Å². The number of halogens is 6. The maximum Gasteiger partial charge on any atom is 0.573 e. The molecular formula is C22H15F6N3O5S3. The van der Waals surface area contributed by atoms with E-state index in [1.54, 1.807) is 0 Å². The normalized spacial score (nSPS) is 12.0. The van der Waals surface area contributed by atoms with Crippen molar-refractivity contribution in [3.05, 3.63) is 71.5 Å². The first-order valence-corrected chi connectivity index (χ1v) is 11.5. The van der Waals surface area contributed by atoms with Gasteiger partial charge in [-0.05, 0) is 42.5 Å². The maximum absolute atomic E-state index is 13.4. The Hall–Kier alpha value is -3.44. The van der Waals surface area contributed by atoms with Crippen molar-refractivity contribution >= 4 is 55.4 Å². The second-order valence-corrected chi connectivity index (χ2v) is 10.3. The molecule has 3 aromatic rings. The van der Waals surface area contributed by atoms with Crippen LogP contribution >= 0.6 is 37.9 Å². The van der Waals surface area contributed by atoms with Gasteiger partial charge >= 0.3 is 12.5 Å². The number of aromatic nitrogens is 1. The number of anilines is 1. The number of benzene rings is 2. The topological polar surface area (TPSA) is 113 Å². The summed E-state index contributed by atoms with van der Waals surface area (Å²) in [5.74, 6) is -3.93. The quantitative estimate of drug-likeness (QED) is 0.123. The van der Waals surface area contributed by atoms with Gasteiger partial charge in [-0.15, -0.1) is 51.1 Å². The summed E-state index contributed by atoms with van der Waals surface area (Å²) < 4.78 is 91.0. The number of nitrogens with zero attached hydrogens (tertiary/aromatic N) is 1. The number of hydrogen-bond acceptors (Lipinski definition) is 9. The third-order valence-electron chi connectivity index (χ3n) is 4.44. The van der Waals surface area contributed by atoms with Gasteiger partial charge in [-0.25, -0.2) is 4.98 Å². The van der Waals surface area contributed by atoms with Gasteiger partial charge in [0.2, 0.25) is 3.60 Å². The lowest BCUT2D eigenvalue weighted by atomic mass is 10.1. The molecule has 0 saturated carbocycles. The maximum atomic E-state index is 13.4. The number of carbonyl (C=O) groups excluding carboxylic acids is 2. The van der Waals surface area contributed by atoms with Crippen molar-refractivity contribution in [1.82, 2.24) is 4.98 Å². The monoisotopic (exact) mass is 611 g/mol. The Morgan fingerprint density at radius 3 is 2.05 bits per heavy atom. The number of primary amides is 1. The van der Waals surface area contributed by atoms with Crippen LogP contribution < -0.4 is 25.3 Å². The van der Waals surface area contributed by atoms with E-state index in [-0.39, 0.29) is 17.1 Å². The number of thiol groups is 3. The Bertz CT molecular complexity index is 1380. The summed E-state index contributed by atoms with van der Waals surface area (Å²) in [6.45, 7) is 0. The molecule has 0 spiro atoms. The van der Waals surface area contributed by atoms with Crippen molar-refractivity contribution in [3.8, 4) is 23.0 Å². The van der Waals surface area contributed by atoms with Crippen LogP contribution in [0.4, 0.5) is 32.0 Å². The van der Waals surface area contributed by atoms with Gasteiger partial charge in [0, 0.05) is 6.07 Å². The number of alkyl halides is 6. The molecule has 0 bridgehead atoms. The lowest BCUT2D eigenvalue weighted by molar-refractivity contribution is -0.274. The minimum absolute atomic E-state index is 0.00367. The summed E-state index contributed by atoms with van der Waals surface area (Å²) in [7, 11) is 0. The SMILES string of the molecule is NC(=O)c1ccc(NC(=O)c2cc(C(F)(F)F)ccc2Oc2ccc(OC(F)(F)F)cc2OC(S)(S)S)cn1. The van der Waals surface area contributed by atoms with Gasteiger partial charge in [-0.3, -0.25) is 9.59 Å². The second-order valence-electron chi connectivity index (χ2n) is 7.39. The van der Waals surface area contributed by atoms with E-state index in [1.807, 2.05) is 0 Å². The number of nitrogens with two attached hydrogens (primary N) is 1. The first-order chi connectivity index (χ1) is 17.9. The van der Waals surface area contributed by atoms with E-state index in [2.05, 4.69) is 52.9 Å². The average molecular weight is 612 g/mol. The molecule has 0 atom stereocenters. The molecule has 0 unspecified atom stereocenters. The van der Waals surface area contributed by atoms with Crippen molar-refractivity contribution in [1.29, 1.82) is 0 Å². The predicted molar refractivity (Wildman–Crippen MR) is 136 cm³/mol. The lowest BCUT2D eigenvalue weighted by Gasteiger charge is -2.22. The number of hydrogen-bond donors (Lipinski definition) is 5. The van der Waals surface area contributed by atoms with Crippen LogP contribution in [0.5, 0.6) is 23.0 Å². The standard InChI is InChI=1S/C22H15F6N3O5S3/c23-20(24,25)10-1-5-15(13(7-10)19(33)31-11-2-4-14(18(29)32)30-9-11)34-16-6-3-12(35-21(26,27)28)8-17(16)36-22(37,38)39/h1-9,37-39H,(H2,29,32)(H,31,33). The highest BCUT2D eigenvalue weighted by molar-refractivity contribution is 8.16. The van der Waals surface area contributed by atoms with Crippen molar-refractivity contribution in [2.24, 2.45) is 5.73 Å². The predicted octanol–water partition coefficient (Wildman–Crippen LogP) is 5.92. The largest absolute Gasteiger partial charge is 0.573 e. The van der Waals surface area contributed by atoms with Gasteiger partial charge in [-0.2, -0.15) is 13.2 Å². The van der Waals surface area contributed by atoms with Crippen molar-refractivity contribution in [2.45, 2.75) is 16.1 Å². The molecule has 3 rings (SSSR count). The van der Waals surface area contributed by atoms with Crippen LogP contribution in [0.2, 0.25) is 0 Å². The van der Waals surface area contributed by atoms with E-state index in [0.717, 1.165) is 30.5 Å².